The number of thiazole rings is 1. The van der Waals surface area contributed by atoms with Crippen LogP contribution in [0.25, 0.3) is 0 Å². The van der Waals surface area contributed by atoms with Gasteiger partial charge in [-0.05, 0) is 31.0 Å². The highest BCUT2D eigenvalue weighted by Gasteiger charge is 2.15. The van der Waals surface area contributed by atoms with Gasteiger partial charge in [0.25, 0.3) is 0 Å². The normalized spacial score (nSPS) is 12.1. The summed E-state index contributed by atoms with van der Waals surface area (Å²) in [5, 5.41) is 6.01. The average molecular weight is 289 g/mol. The van der Waals surface area contributed by atoms with Gasteiger partial charge in [-0.3, -0.25) is 4.79 Å². The number of hydrogen-bond acceptors (Lipinski definition) is 4. The Morgan fingerprint density at radius 2 is 2.10 bits per heavy atom. The number of anilines is 1. The molecule has 0 fully saturated rings. The molecular weight excluding hydrogens is 270 g/mol. The van der Waals surface area contributed by atoms with Gasteiger partial charge in [0, 0.05) is 16.8 Å². The van der Waals surface area contributed by atoms with Crippen molar-refractivity contribution in [2.45, 2.75) is 32.7 Å². The number of rotatable bonds is 5. The molecule has 3 N–H and O–H groups in total. The lowest BCUT2D eigenvalue weighted by Crippen LogP contribution is -2.29. The van der Waals surface area contributed by atoms with Crippen molar-refractivity contribution in [3.8, 4) is 0 Å². The number of benzene rings is 1. The molecule has 0 saturated heterocycles. The SMILES string of the molecule is CCC(NC(=O)Cc1ccc(N)cc1)c1nc(C)cs1. The summed E-state index contributed by atoms with van der Waals surface area (Å²) in [5.41, 5.74) is 8.29. The summed E-state index contributed by atoms with van der Waals surface area (Å²) in [5.74, 6) is 0.00877. The van der Waals surface area contributed by atoms with E-state index in [1.807, 2.05) is 43.5 Å². The van der Waals surface area contributed by atoms with Crippen LogP contribution in [0.5, 0.6) is 0 Å². The molecule has 0 aliphatic heterocycles. The molecule has 2 aromatic rings. The first-order chi connectivity index (χ1) is 9.58. The van der Waals surface area contributed by atoms with Crippen LogP contribution < -0.4 is 11.1 Å². The number of nitrogens with zero attached hydrogens (tertiary/aromatic N) is 1. The molecule has 1 atom stereocenters. The van der Waals surface area contributed by atoms with Crippen molar-refractivity contribution in [1.29, 1.82) is 0 Å². The van der Waals surface area contributed by atoms with E-state index in [0.717, 1.165) is 22.7 Å². The quantitative estimate of drug-likeness (QED) is 0.832. The first-order valence-electron chi connectivity index (χ1n) is 6.64. The Hall–Kier alpha value is -1.88. The molecule has 106 valence electrons. The largest absolute Gasteiger partial charge is 0.399 e. The number of amides is 1. The fourth-order valence-corrected chi connectivity index (χ4v) is 2.87. The molecule has 4 nitrogen and oxygen atoms in total. The highest BCUT2D eigenvalue weighted by Crippen LogP contribution is 2.20. The van der Waals surface area contributed by atoms with Crippen LogP contribution in [0, 0.1) is 6.92 Å². The van der Waals surface area contributed by atoms with Gasteiger partial charge in [0.15, 0.2) is 0 Å². The zero-order valence-corrected chi connectivity index (χ0v) is 12.5. The van der Waals surface area contributed by atoms with Crippen molar-refractivity contribution in [2.24, 2.45) is 0 Å². The molecule has 5 heteroatoms. The van der Waals surface area contributed by atoms with E-state index in [-0.39, 0.29) is 11.9 Å². The summed E-state index contributed by atoms with van der Waals surface area (Å²) in [6.45, 7) is 4.01. The Labute approximate surface area is 123 Å². The molecule has 1 aromatic heterocycles. The van der Waals surface area contributed by atoms with Crippen LogP contribution >= 0.6 is 11.3 Å². The van der Waals surface area contributed by atoms with Gasteiger partial charge in [0.05, 0.1) is 12.5 Å². The van der Waals surface area contributed by atoms with E-state index in [1.54, 1.807) is 11.3 Å². The minimum absolute atomic E-state index is 0.00465. The van der Waals surface area contributed by atoms with E-state index < -0.39 is 0 Å². The first-order valence-corrected chi connectivity index (χ1v) is 7.52. The smallest absolute Gasteiger partial charge is 0.224 e. The molecule has 1 unspecified atom stereocenters. The van der Waals surface area contributed by atoms with Gasteiger partial charge in [-0.2, -0.15) is 0 Å². The molecule has 20 heavy (non-hydrogen) atoms. The second kappa shape index (κ2) is 6.52. The first kappa shape index (κ1) is 14.5. The zero-order chi connectivity index (χ0) is 14.5. The lowest BCUT2D eigenvalue weighted by molar-refractivity contribution is -0.121. The van der Waals surface area contributed by atoms with Crippen molar-refractivity contribution < 1.29 is 4.79 Å². The van der Waals surface area contributed by atoms with Gasteiger partial charge in [-0.1, -0.05) is 19.1 Å². The predicted octanol–water partition coefficient (Wildman–Crippen LogP) is 2.84. The number of hydrogen-bond donors (Lipinski definition) is 2. The van der Waals surface area contributed by atoms with Gasteiger partial charge in [0.1, 0.15) is 5.01 Å². The maximum Gasteiger partial charge on any atom is 0.224 e. The van der Waals surface area contributed by atoms with Crippen LogP contribution in [0.15, 0.2) is 29.6 Å². The van der Waals surface area contributed by atoms with Gasteiger partial charge in [0.2, 0.25) is 5.91 Å². The second-order valence-electron chi connectivity index (χ2n) is 4.77. The van der Waals surface area contributed by atoms with E-state index >= 15 is 0 Å². The molecule has 2 rings (SSSR count). The van der Waals surface area contributed by atoms with Crippen molar-refractivity contribution in [2.75, 3.05) is 5.73 Å². The molecule has 0 aliphatic carbocycles. The third-order valence-corrected chi connectivity index (χ3v) is 4.10. The molecular formula is C15H19N3OS. The Bertz CT molecular complexity index is 577. The molecule has 0 radical (unpaired) electrons. The molecule has 1 amide bonds. The Kier molecular flexibility index (Phi) is 4.74. The lowest BCUT2D eigenvalue weighted by Gasteiger charge is -2.14. The van der Waals surface area contributed by atoms with Gasteiger partial charge in [-0.15, -0.1) is 11.3 Å². The summed E-state index contributed by atoms with van der Waals surface area (Å²) in [4.78, 5) is 16.5. The predicted molar refractivity (Wildman–Crippen MR) is 82.6 cm³/mol. The number of nitrogen functional groups attached to an aromatic ring is 1. The molecule has 1 aromatic carbocycles. The fraction of sp³-hybridized carbons (Fsp3) is 0.333. The van der Waals surface area contributed by atoms with Crippen LogP contribution in [0.4, 0.5) is 5.69 Å². The van der Waals surface area contributed by atoms with Crippen molar-refractivity contribution >= 4 is 22.9 Å². The molecule has 0 aliphatic rings. The molecule has 1 heterocycles. The number of aromatic nitrogens is 1. The summed E-state index contributed by atoms with van der Waals surface area (Å²) in [7, 11) is 0. The molecule has 0 saturated carbocycles. The highest BCUT2D eigenvalue weighted by atomic mass is 32.1. The van der Waals surface area contributed by atoms with Crippen LogP contribution in [0.1, 0.15) is 35.7 Å². The number of aryl methyl sites for hydroxylation is 1. The third kappa shape index (κ3) is 3.81. The van der Waals surface area contributed by atoms with Gasteiger partial charge in [-0.25, -0.2) is 4.98 Å². The molecule has 0 bridgehead atoms. The van der Waals surface area contributed by atoms with Crippen molar-refractivity contribution in [3.05, 3.63) is 45.9 Å². The topological polar surface area (TPSA) is 68.0 Å². The Morgan fingerprint density at radius 1 is 1.40 bits per heavy atom. The van der Waals surface area contributed by atoms with E-state index in [0.29, 0.717) is 12.1 Å². The van der Waals surface area contributed by atoms with E-state index in [1.165, 1.54) is 0 Å². The summed E-state index contributed by atoms with van der Waals surface area (Å²) in [6, 6.07) is 7.37. The standard InChI is InChI=1S/C15H19N3OS/c1-3-13(15-17-10(2)9-20-15)18-14(19)8-11-4-6-12(16)7-5-11/h4-7,9,13H,3,8,16H2,1-2H3,(H,18,19). The van der Waals surface area contributed by atoms with Crippen LogP contribution in [0.2, 0.25) is 0 Å². The van der Waals surface area contributed by atoms with Crippen LogP contribution in [-0.2, 0) is 11.2 Å². The van der Waals surface area contributed by atoms with E-state index in [2.05, 4.69) is 10.3 Å². The van der Waals surface area contributed by atoms with E-state index in [9.17, 15) is 4.79 Å². The van der Waals surface area contributed by atoms with Gasteiger partial charge < -0.3 is 11.1 Å². The number of nitrogens with two attached hydrogens (primary N) is 1. The monoisotopic (exact) mass is 289 g/mol. The number of carbonyl (C=O) groups excluding carboxylic acids is 1. The van der Waals surface area contributed by atoms with Gasteiger partial charge >= 0.3 is 0 Å². The third-order valence-electron chi connectivity index (χ3n) is 3.02. The molecule has 0 spiro atoms. The average Bonchev–Trinajstić information content (AvgIpc) is 2.85. The summed E-state index contributed by atoms with van der Waals surface area (Å²) in [6.07, 6.45) is 1.20. The summed E-state index contributed by atoms with van der Waals surface area (Å²) >= 11 is 1.59. The van der Waals surface area contributed by atoms with Crippen LogP contribution in [-0.4, -0.2) is 10.9 Å². The minimum atomic E-state index is -0.00465. The second-order valence-corrected chi connectivity index (χ2v) is 5.66. The minimum Gasteiger partial charge on any atom is -0.399 e. The maximum absolute atomic E-state index is 12.1. The number of nitrogens with one attached hydrogen (secondary N) is 1. The Morgan fingerprint density at radius 3 is 2.65 bits per heavy atom. The Balaban J connectivity index is 1.97. The fourth-order valence-electron chi connectivity index (χ4n) is 1.94. The maximum atomic E-state index is 12.1. The van der Waals surface area contributed by atoms with Crippen LogP contribution in [0.3, 0.4) is 0 Å². The van der Waals surface area contributed by atoms with Crippen molar-refractivity contribution in [1.82, 2.24) is 10.3 Å². The van der Waals surface area contributed by atoms with Crippen molar-refractivity contribution in [3.63, 3.8) is 0 Å². The zero-order valence-electron chi connectivity index (χ0n) is 11.7. The highest BCUT2D eigenvalue weighted by molar-refractivity contribution is 7.09. The number of carbonyl (C=O) groups is 1. The van der Waals surface area contributed by atoms with E-state index in [4.69, 9.17) is 5.73 Å². The lowest BCUT2D eigenvalue weighted by atomic mass is 10.1. The summed E-state index contributed by atoms with van der Waals surface area (Å²) < 4.78 is 0.